The standard InChI is InChI=1S/C11H17NO2/c1-11(6-7-12)5-3-4-9(8-11)10(13)14-2/h3-5H,6-8,12H2,1-2H3. The third-order valence-electron chi connectivity index (χ3n) is 2.55. The predicted molar refractivity (Wildman–Crippen MR) is 55.6 cm³/mol. The Morgan fingerprint density at radius 1 is 1.71 bits per heavy atom. The van der Waals surface area contributed by atoms with E-state index in [1.54, 1.807) is 0 Å². The second kappa shape index (κ2) is 4.42. The number of rotatable bonds is 3. The Morgan fingerprint density at radius 3 is 3.00 bits per heavy atom. The molecule has 1 aliphatic carbocycles. The summed E-state index contributed by atoms with van der Waals surface area (Å²) in [4.78, 5) is 11.3. The fourth-order valence-electron chi connectivity index (χ4n) is 1.72. The average molecular weight is 195 g/mol. The molecule has 1 atom stereocenters. The van der Waals surface area contributed by atoms with Gasteiger partial charge in [-0.3, -0.25) is 0 Å². The molecular weight excluding hydrogens is 178 g/mol. The molecule has 0 spiro atoms. The van der Waals surface area contributed by atoms with Crippen LogP contribution in [0.1, 0.15) is 19.8 Å². The zero-order chi connectivity index (χ0) is 10.6. The number of carbonyl (C=O) groups is 1. The van der Waals surface area contributed by atoms with Gasteiger partial charge in [-0.2, -0.15) is 0 Å². The number of esters is 1. The van der Waals surface area contributed by atoms with Crippen LogP contribution in [0.5, 0.6) is 0 Å². The second-order valence-electron chi connectivity index (χ2n) is 3.91. The molecule has 0 saturated carbocycles. The van der Waals surface area contributed by atoms with Crippen LogP contribution in [0.4, 0.5) is 0 Å². The number of allylic oxidation sites excluding steroid dienone is 3. The molecule has 0 aliphatic heterocycles. The Labute approximate surface area is 84.6 Å². The first kappa shape index (κ1) is 11.0. The molecule has 3 nitrogen and oxygen atoms in total. The van der Waals surface area contributed by atoms with E-state index in [9.17, 15) is 4.79 Å². The highest BCUT2D eigenvalue weighted by Crippen LogP contribution is 2.34. The van der Waals surface area contributed by atoms with E-state index in [1.165, 1.54) is 7.11 Å². The van der Waals surface area contributed by atoms with Crippen molar-refractivity contribution in [3.8, 4) is 0 Å². The summed E-state index contributed by atoms with van der Waals surface area (Å²) in [6, 6.07) is 0. The minimum absolute atomic E-state index is 0.00697. The minimum atomic E-state index is -0.238. The Kier molecular flexibility index (Phi) is 3.47. The van der Waals surface area contributed by atoms with Crippen molar-refractivity contribution in [1.82, 2.24) is 0 Å². The summed E-state index contributed by atoms with van der Waals surface area (Å²) in [7, 11) is 1.40. The van der Waals surface area contributed by atoms with Gasteiger partial charge in [0, 0.05) is 5.57 Å². The van der Waals surface area contributed by atoms with Crippen LogP contribution in [0.15, 0.2) is 23.8 Å². The van der Waals surface area contributed by atoms with Gasteiger partial charge >= 0.3 is 5.97 Å². The van der Waals surface area contributed by atoms with E-state index in [4.69, 9.17) is 5.73 Å². The number of hydrogen-bond donors (Lipinski definition) is 1. The number of ether oxygens (including phenoxy) is 1. The highest BCUT2D eigenvalue weighted by molar-refractivity contribution is 5.89. The molecule has 0 amide bonds. The first-order chi connectivity index (χ1) is 6.61. The predicted octanol–water partition coefficient (Wildman–Crippen LogP) is 1.40. The van der Waals surface area contributed by atoms with Crippen LogP contribution in [-0.2, 0) is 9.53 Å². The minimum Gasteiger partial charge on any atom is -0.466 e. The van der Waals surface area contributed by atoms with Crippen molar-refractivity contribution in [2.75, 3.05) is 13.7 Å². The summed E-state index contributed by atoms with van der Waals surface area (Å²) < 4.78 is 4.69. The van der Waals surface area contributed by atoms with Gasteiger partial charge in [-0.25, -0.2) is 4.79 Å². The maximum atomic E-state index is 11.3. The lowest BCUT2D eigenvalue weighted by atomic mass is 9.77. The van der Waals surface area contributed by atoms with Gasteiger partial charge in [-0.05, 0) is 24.8 Å². The van der Waals surface area contributed by atoms with Gasteiger partial charge in [0.05, 0.1) is 7.11 Å². The van der Waals surface area contributed by atoms with Crippen molar-refractivity contribution in [1.29, 1.82) is 0 Å². The van der Waals surface area contributed by atoms with Crippen LogP contribution in [0, 0.1) is 5.41 Å². The van der Waals surface area contributed by atoms with E-state index >= 15 is 0 Å². The molecule has 1 aliphatic rings. The number of hydrogen-bond acceptors (Lipinski definition) is 3. The quantitative estimate of drug-likeness (QED) is 0.692. The third-order valence-corrected chi connectivity index (χ3v) is 2.55. The number of nitrogens with two attached hydrogens (primary N) is 1. The number of methoxy groups -OCH3 is 1. The van der Waals surface area contributed by atoms with Crippen LogP contribution in [0.2, 0.25) is 0 Å². The summed E-state index contributed by atoms with van der Waals surface area (Å²) in [6.45, 7) is 2.74. The molecular formula is C11H17NO2. The largest absolute Gasteiger partial charge is 0.466 e. The molecule has 0 radical (unpaired) electrons. The van der Waals surface area contributed by atoms with Crippen molar-refractivity contribution >= 4 is 5.97 Å². The second-order valence-corrected chi connectivity index (χ2v) is 3.91. The van der Waals surface area contributed by atoms with Gasteiger partial charge in [0.1, 0.15) is 0 Å². The van der Waals surface area contributed by atoms with Gasteiger partial charge in [0.2, 0.25) is 0 Å². The van der Waals surface area contributed by atoms with E-state index in [0.717, 1.165) is 12.0 Å². The summed E-state index contributed by atoms with van der Waals surface area (Å²) >= 11 is 0. The van der Waals surface area contributed by atoms with Crippen LogP contribution >= 0.6 is 0 Å². The van der Waals surface area contributed by atoms with Crippen molar-refractivity contribution in [2.24, 2.45) is 11.1 Å². The molecule has 2 N–H and O–H groups in total. The van der Waals surface area contributed by atoms with Crippen LogP contribution in [0.3, 0.4) is 0 Å². The fraction of sp³-hybridized carbons (Fsp3) is 0.545. The highest BCUT2D eigenvalue weighted by atomic mass is 16.5. The maximum absolute atomic E-state index is 11.3. The van der Waals surface area contributed by atoms with E-state index < -0.39 is 0 Å². The Balaban J connectivity index is 2.72. The first-order valence-electron chi connectivity index (χ1n) is 4.78. The summed E-state index contributed by atoms with van der Waals surface area (Å²) in [5, 5.41) is 0. The van der Waals surface area contributed by atoms with Crippen LogP contribution < -0.4 is 5.73 Å². The lowest BCUT2D eigenvalue weighted by Gasteiger charge is -2.28. The van der Waals surface area contributed by atoms with E-state index in [-0.39, 0.29) is 11.4 Å². The van der Waals surface area contributed by atoms with Crippen LogP contribution in [-0.4, -0.2) is 19.6 Å². The molecule has 0 fully saturated rings. The molecule has 14 heavy (non-hydrogen) atoms. The molecule has 0 saturated heterocycles. The van der Waals surface area contributed by atoms with Gasteiger partial charge in [-0.1, -0.05) is 25.2 Å². The summed E-state index contributed by atoms with van der Waals surface area (Å²) in [6.07, 6.45) is 7.42. The topological polar surface area (TPSA) is 52.3 Å². The Hall–Kier alpha value is -1.09. The normalized spacial score (nSPS) is 25.8. The molecule has 0 aromatic carbocycles. The number of carbonyl (C=O) groups excluding carboxylic acids is 1. The molecule has 3 heteroatoms. The van der Waals surface area contributed by atoms with Crippen molar-refractivity contribution in [3.05, 3.63) is 23.8 Å². The lowest BCUT2D eigenvalue weighted by molar-refractivity contribution is -0.136. The Bertz CT molecular complexity index is 281. The molecule has 78 valence electrons. The highest BCUT2D eigenvalue weighted by Gasteiger charge is 2.26. The first-order valence-corrected chi connectivity index (χ1v) is 4.78. The SMILES string of the molecule is COC(=O)C1=CC=CC(C)(CCN)C1. The average Bonchev–Trinajstić information content (AvgIpc) is 2.16. The van der Waals surface area contributed by atoms with E-state index in [2.05, 4.69) is 17.7 Å². The van der Waals surface area contributed by atoms with Crippen molar-refractivity contribution in [3.63, 3.8) is 0 Å². The third kappa shape index (κ3) is 2.45. The Morgan fingerprint density at radius 2 is 2.43 bits per heavy atom. The van der Waals surface area contributed by atoms with Gasteiger partial charge in [-0.15, -0.1) is 0 Å². The molecule has 0 aromatic heterocycles. The monoisotopic (exact) mass is 195 g/mol. The molecule has 0 heterocycles. The zero-order valence-corrected chi connectivity index (χ0v) is 8.75. The molecule has 1 rings (SSSR count). The van der Waals surface area contributed by atoms with Gasteiger partial charge in [0.25, 0.3) is 0 Å². The van der Waals surface area contributed by atoms with E-state index in [0.29, 0.717) is 13.0 Å². The van der Waals surface area contributed by atoms with Crippen molar-refractivity contribution in [2.45, 2.75) is 19.8 Å². The van der Waals surface area contributed by atoms with Crippen molar-refractivity contribution < 1.29 is 9.53 Å². The fourth-order valence-corrected chi connectivity index (χ4v) is 1.72. The molecule has 0 bridgehead atoms. The zero-order valence-electron chi connectivity index (χ0n) is 8.75. The molecule has 1 unspecified atom stereocenters. The van der Waals surface area contributed by atoms with Crippen LogP contribution in [0.25, 0.3) is 0 Å². The molecule has 0 aromatic rings. The smallest absolute Gasteiger partial charge is 0.333 e. The lowest BCUT2D eigenvalue weighted by Crippen LogP contribution is -2.23. The summed E-state index contributed by atoms with van der Waals surface area (Å²) in [5.74, 6) is -0.238. The van der Waals surface area contributed by atoms with E-state index in [1.807, 2.05) is 12.2 Å². The maximum Gasteiger partial charge on any atom is 0.333 e. The van der Waals surface area contributed by atoms with Gasteiger partial charge < -0.3 is 10.5 Å². The summed E-state index contributed by atoms with van der Waals surface area (Å²) in [5.41, 5.74) is 6.26. The van der Waals surface area contributed by atoms with Gasteiger partial charge in [0.15, 0.2) is 0 Å².